The highest BCUT2D eigenvalue weighted by Crippen LogP contribution is 2.19. The molecule has 1 N–H and O–H groups in total. The first kappa shape index (κ1) is 19.9. The lowest BCUT2D eigenvalue weighted by molar-refractivity contribution is 0.0600. The number of methoxy groups -OCH3 is 1. The minimum atomic E-state index is -3.88. The number of hydrogen-bond donors (Lipinski definition) is 1. The van der Waals surface area contributed by atoms with Crippen molar-refractivity contribution in [3.05, 3.63) is 59.7 Å². The number of sulfonamides is 1. The van der Waals surface area contributed by atoms with Crippen molar-refractivity contribution >= 4 is 27.6 Å². The largest absolute Gasteiger partial charge is 0.465 e. The van der Waals surface area contributed by atoms with Crippen molar-refractivity contribution in [1.82, 2.24) is 4.90 Å². The van der Waals surface area contributed by atoms with Crippen LogP contribution < -0.4 is 4.72 Å². The summed E-state index contributed by atoms with van der Waals surface area (Å²) >= 11 is 0. The van der Waals surface area contributed by atoms with Gasteiger partial charge in [-0.15, -0.1) is 0 Å². The molecule has 0 saturated carbocycles. The number of carbonyl (C=O) groups excluding carboxylic acids is 2. The monoisotopic (exact) mass is 402 g/mol. The zero-order chi connectivity index (χ0) is 20.1. The molecule has 8 heteroatoms. The van der Waals surface area contributed by atoms with Crippen LogP contribution in [-0.4, -0.2) is 45.4 Å². The van der Waals surface area contributed by atoms with E-state index in [1.807, 2.05) is 4.90 Å². The molecule has 0 radical (unpaired) electrons. The Balaban J connectivity index is 1.74. The summed E-state index contributed by atoms with van der Waals surface area (Å²) < 4.78 is 32.3. The minimum absolute atomic E-state index is 0.0418. The molecule has 2 aromatic carbocycles. The number of nitrogens with one attached hydrogen (secondary N) is 1. The third-order valence-corrected chi connectivity index (χ3v) is 5.97. The molecular formula is C20H22N2O5S. The second-order valence-corrected chi connectivity index (χ2v) is 8.24. The van der Waals surface area contributed by atoms with Crippen molar-refractivity contribution in [1.29, 1.82) is 0 Å². The SMILES string of the molecule is COC(=O)c1cccc(S(=O)(=O)Nc2ccc(C(=O)N3CCCCC3)cc2)c1. The van der Waals surface area contributed by atoms with Crippen LogP contribution in [0.5, 0.6) is 0 Å². The number of nitrogens with zero attached hydrogens (tertiary/aromatic N) is 1. The van der Waals surface area contributed by atoms with E-state index >= 15 is 0 Å². The van der Waals surface area contributed by atoms with Crippen LogP contribution in [0.25, 0.3) is 0 Å². The first-order valence-corrected chi connectivity index (χ1v) is 10.5. The second-order valence-electron chi connectivity index (χ2n) is 6.56. The molecule has 148 valence electrons. The molecule has 0 bridgehead atoms. The number of rotatable bonds is 5. The van der Waals surface area contributed by atoms with Crippen molar-refractivity contribution in [2.45, 2.75) is 24.2 Å². The normalized spacial score (nSPS) is 14.4. The highest BCUT2D eigenvalue weighted by molar-refractivity contribution is 7.92. The summed E-state index contributed by atoms with van der Waals surface area (Å²) in [7, 11) is -2.65. The maximum atomic E-state index is 12.6. The standard InChI is InChI=1S/C20H22N2O5S/c1-27-20(24)16-6-5-7-18(14-16)28(25,26)21-17-10-8-15(9-11-17)19(23)22-12-3-2-4-13-22/h5-11,14,21H,2-4,12-13H2,1H3. The second kappa shape index (κ2) is 8.43. The van der Waals surface area contributed by atoms with Crippen LogP contribution in [0.3, 0.4) is 0 Å². The first-order chi connectivity index (χ1) is 13.4. The van der Waals surface area contributed by atoms with Gasteiger partial charge in [0, 0.05) is 24.3 Å². The predicted molar refractivity (Wildman–Crippen MR) is 105 cm³/mol. The van der Waals surface area contributed by atoms with Crippen molar-refractivity contribution in [2.24, 2.45) is 0 Å². The zero-order valence-corrected chi connectivity index (χ0v) is 16.4. The fourth-order valence-electron chi connectivity index (χ4n) is 3.08. The molecule has 1 aliphatic rings. The van der Waals surface area contributed by atoms with Crippen molar-refractivity contribution in [2.75, 3.05) is 24.9 Å². The number of benzene rings is 2. The van der Waals surface area contributed by atoms with Gasteiger partial charge in [0.05, 0.1) is 17.6 Å². The average molecular weight is 402 g/mol. The highest BCUT2D eigenvalue weighted by Gasteiger charge is 2.19. The Morgan fingerprint density at radius 3 is 2.29 bits per heavy atom. The summed E-state index contributed by atoms with van der Waals surface area (Å²) in [5.41, 5.74) is 1.00. The minimum Gasteiger partial charge on any atom is -0.465 e. The lowest BCUT2D eigenvalue weighted by Gasteiger charge is -2.26. The summed E-state index contributed by atoms with van der Waals surface area (Å²) in [6.07, 6.45) is 3.16. The van der Waals surface area contributed by atoms with Crippen molar-refractivity contribution in [3.8, 4) is 0 Å². The van der Waals surface area contributed by atoms with E-state index in [-0.39, 0.29) is 16.4 Å². The number of hydrogen-bond acceptors (Lipinski definition) is 5. The van der Waals surface area contributed by atoms with Gasteiger partial charge in [-0.2, -0.15) is 0 Å². The summed E-state index contributed by atoms with van der Waals surface area (Å²) in [6.45, 7) is 1.51. The zero-order valence-electron chi connectivity index (χ0n) is 15.6. The van der Waals surface area contributed by atoms with E-state index in [2.05, 4.69) is 9.46 Å². The highest BCUT2D eigenvalue weighted by atomic mass is 32.2. The Morgan fingerprint density at radius 1 is 0.964 bits per heavy atom. The van der Waals surface area contributed by atoms with E-state index in [0.717, 1.165) is 32.4 Å². The van der Waals surface area contributed by atoms with Gasteiger partial charge in [-0.3, -0.25) is 9.52 Å². The first-order valence-electron chi connectivity index (χ1n) is 9.01. The third kappa shape index (κ3) is 4.51. The molecule has 3 rings (SSSR count). The number of esters is 1. The summed E-state index contributed by atoms with van der Waals surface area (Å²) in [5, 5.41) is 0. The van der Waals surface area contributed by atoms with Crippen LogP contribution in [0.15, 0.2) is 53.4 Å². The molecule has 0 atom stereocenters. The molecule has 1 amide bonds. The van der Waals surface area contributed by atoms with Crippen molar-refractivity contribution in [3.63, 3.8) is 0 Å². The van der Waals surface area contributed by atoms with Gasteiger partial charge >= 0.3 is 5.97 Å². The van der Waals surface area contributed by atoms with Gasteiger partial charge in [-0.1, -0.05) is 6.07 Å². The lowest BCUT2D eigenvalue weighted by Crippen LogP contribution is -2.35. The Kier molecular flexibility index (Phi) is 5.99. The fraction of sp³-hybridized carbons (Fsp3) is 0.300. The van der Waals surface area contributed by atoms with Gasteiger partial charge in [0.25, 0.3) is 15.9 Å². The number of amides is 1. The summed E-state index contributed by atoms with van der Waals surface area (Å²) in [5.74, 6) is -0.655. The van der Waals surface area contributed by atoms with Crippen LogP contribution in [-0.2, 0) is 14.8 Å². The molecule has 0 aromatic heterocycles. The van der Waals surface area contributed by atoms with Gasteiger partial charge in [0.1, 0.15) is 0 Å². The van der Waals surface area contributed by atoms with Gasteiger partial charge in [0.2, 0.25) is 0 Å². The average Bonchev–Trinajstić information content (AvgIpc) is 2.73. The molecule has 1 heterocycles. The van der Waals surface area contributed by atoms with E-state index in [0.29, 0.717) is 11.3 Å². The van der Waals surface area contributed by atoms with E-state index in [9.17, 15) is 18.0 Å². The van der Waals surface area contributed by atoms with E-state index in [1.54, 1.807) is 24.3 Å². The van der Waals surface area contributed by atoms with Gasteiger partial charge in [0.15, 0.2) is 0 Å². The molecule has 28 heavy (non-hydrogen) atoms. The van der Waals surface area contributed by atoms with Crippen LogP contribution in [0, 0.1) is 0 Å². The van der Waals surface area contributed by atoms with E-state index in [4.69, 9.17) is 0 Å². The third-order valence-electron chi connectivity index (χ3n) is 4.59. The molecule has 0 unspecified atom stereocenters. The Labute approximate surface area is 164 Å². The van der Waals surface area contributed by atoms with Crippen LogP contribution in [0.4, 0.5) is 5.69 Å². The summed E-state index contributed by atoms with van der Waals surface area (Å²) in [4.78, 5) is 25.9. The maximum absolute atomic E-state index is 12.6. The smallest absolute Gasteiger partial charge is 0.337 e. The fourth-order valence-corrected chi connectivity index (χ4v) is 4.19. The van der Waals surface area contributed by atoms with Gasteiger partial charge < -0.3 is 9.64 Å². The predicted octanol–water partition coefficient (Wildman–Crippen LogP) is 2.90. The number of likely N-dealkylation sites (tertiary alicyclic amines) is 1. The number of ether oxygens (including phenoxy) is 1. The van der Waals surface area contributed by atoms with E-state index in [1.165, 1.54) is 31.4 Å². The molecule has 7 nitrogen and oxygen atoms in total. The molecule has 0 spiro atoms. The molecule has 1 saturated heterocycles. The Morgan fingerprint density at radius 2 is 1.64 bits per heavy atom. The molecule has 2 aromatic rings. The van der Waals surface area contributed by atoms with Crippen LogP contribution in [0.2, 0.25) is 0 Å². The van der Waals surface area contributed by atoms with E-state index < -0.39 is 16.0 Å². The van der Waals surface area contributed by atoms with Gasteiger partial charge in [-0.25, -0.2) is 13.2 Å². The maximum Gasteiger partial charge on any atom is 0.337 e. The molecular weight excluding hydrogens is 380 g/mol. The van der Waals surface area contributed by atoms with Gasteiger partial charge in [-0.05, 0) is 61.7 Å². The van der Waals surface area contributed by atoms with Crippen molar-refractivity contribution < 1.29 is 22.7 Å². The molecule has 0 aliphatic carbocycles. The molecule has 1 aliphatic heterocycles. The number of anilines is 1. The summed E-state index contributed by atoms with van der Waals surface area (Å²) in [6, 6.07) is 11.9. The molecule has 1 fully saturated rings. The topological polar surface area (TPSA) is 92.8 Å². The number of carbonyl (C=O) groups is 2. The lowest BCUT2D eigenvalue weighted by atomic mass is 10.1. The number of piperidine rings is 1. The van der Waals surface area contributed by atoms with Crippen LogP contribution in [0.1, 0.15) is 40.0 Å². The Bertz CT molecular complexity index is 964. The Hall–Kier alpha value is -2.87. The quantitative estimate of drug-likeness (QED) is 0.777. The van der Waals surface area contributed by atoms with Crippen LogP contribution >= 0.6 is 0 Å².